The number of carboxylic acids is 1. The zero-order chi connectivity index (χ0) is 15.2. The topological polar surface area (TPSA) is 40.5 Å². The van der Waals surface area contributed by atoms with E-state index in [-0.39, 0.29) is 5.41 Å². The predicted molar refractivity (Wildman–Crippen MR) is 84.0 cm³/mol. The Hall–Kier alpha value is -0.570. The fourth-order valence-corrected chi connectivity index (χ4v) is 3.59. The Morgan fingerprint density at radius 2 is 1.70 bits per heavy atom. The van der Waals surface area contributed by atoms with Gasteiger partial charge < -0.3 is 10.0 Å². The van der Waals surface area contributed by atoms with Crippen molar-refractivity contribution in [3.8, 4) is 0 Å². The van der Waals surface area contributed by atoms with E-state index in [4.69, 9.17) is 5.11 Å². The van der Waals surface area contributed by atoms with Crippen LogP contribution in [-0.2, 0) is 4.79 Å². The monoisotopic (exact) mass is 283 g/mol. The highest BCUT2D eigenvalue weighted by Crippen LogP contribution is 2.40. The molecule has 3 heteroatoms. The zero-order valence-electron chi connectivity index (χ0n) is 13.9. The lowest BCUT2D eigenvalue weighted by Crippen LogP contribution is -2.56. The van der Waals surface area contributed by atoms with Crippen LogP contribution in [0.1, 0.15) is 72.6 Å². The summed E-state index contributed by atoms with van der Waals surface area (Å²) in [5.74, 6) is -0.674. The van der Waals surface area contributed by atoms with E-state index in [0.29, 0.717) is 11.8 Å². The zero-order valence-corrected chi connectivity index (χ0v) is 13.9. The molecular weight excluding hydrogens is 250 g/mol. The van der Waals surface area contributed by atoms with Crippen LogP contribution in [-0.4, -0.2) is 35.6 Å². The number of hydrogen-bond donors (Lipinski definition) is 1. The van der Waals surface area contributed by atoms with E-state index in [2.05, 4.69) is 32.6 Å². The predicted octanol–water partition coefficient (Wildman–Crippen LogP) is 4.17. The lowest BCUT2D eigenvalue weighted by Gasteiger charge is -2.51. The average molecular weight is 283 g/mol. The van der Waals surface area contributed by atoms with E-state index < -0.39 is 5.97 Å². The number of nitrogens with zero attached hydrogens (tertiary/aromatic N) is 1. The van der Waals surface area contributed by atoms with Crippen molar-refractivity contribution < 1.29 is 9.90 Å². The van der Waals surface area contributed by atoms with E-state index >= 15 is 0 Å². The first-order chi connectivity index (χ1) is 9.32. The maximum absolute atomic E-state index is 10.7. The summed E-state index contributed by atoms with van der Waals surface area (Å²) in [5, 5.41) is 8.79. The van der Waals surface area contributed by atoms with Crippen LogP contribution >= 0.6 is 0 Å². The highest BCUT2D eigenvalue weighted by molar-refractivity contribution is 5.66. The molecule has 0 bridgehead atoms. The molecule has 118 valence electrons. The van der Waals surface area contributed by atoms with Crippen molar-refractivity contribution in [3.05, 3.63) is 0 Å². The van der Waals surface area contributed by atoms with Crippen LogP contribution in [0.4, 0.5) is 0 Å². The van der Waals surface area contributed by atoms with E-state index in [0.717, 1.165) is 19.4 Å². The van der Waals surface area contributed by atoms with Gasteiger partial charge in [0, 0.05) is 19.5 Å². The van der Waals surface area contributed by atoms with Gasteiger partial charge in [-0.05, 0) is 43.1 Å². The molecular formula is C17H33NO2. The number of hydrogen-bond acceptors (Lipinski definition) is 2. The molecule has 0 aromatic heterocycles. The van der Waals surface area contributed by atoms with Gasteiger partial charge in [0.05, 0.1) is 0 Å². The van der Waals surface area contributed by atoms with Gasteiger partial charge in [-0.15, -0.1) is 0 Å². The summed E-state index contributed by atoms with van der Waals surface area (Å²) in [6.07, 6.45) is 7.48. The third-order valence-electron chi connectivity index (χ3n) is 4.80. The Bertz CT molecular complexity index is 298. The van der Waals surface area contributed by atoms with Crippen LogP contribution in [0.25, 0.3) is 0 Å². The van der Waals surface area contributed by atoms with E-state index in [1.54, 1.807) is 0 Å². The first-order valence-corrected chi connectivity index (χ1v) is 8.27. The van der Waals surface area contributed by atoms with Crippen LogP contribution < -0.4 is 0 Å². The third kappa shape index (κ3) is 5.43. The number of carboxylic acid groups (broad SMARTS) is 1. The summed E-state index contributed by atoms with van der Waals surface area (Å²) in [6, 6.07) is 0. The van der Waals surface area contributed by atoms with Crippen molar-refractivity contribution >= 4 is 5.97 Å². The third-order valence-corrected chi connectivity index (χ3v) is 4.80. The molecule has 0 aliphatic carbocycles. The van der Waals surface area contributed by atoms with Crippen molar-refractivity contribution in [2.75, 3.05) is 19.6 Å². The normalized spacial score (nSPS) is 18.8. The van der Waals surface area contributed by atoms with E-state index in [1.165, 1.54) is 38.8 Å². The molecule has 0 saturated carbocycles. The van der Waals surface area contributed by atoms with Gasteiger partial charge in [-0.25, -0.2) is 0 Å². The van der Waals surface area contributed by atoms with E-state index in [9.17, 15) is 4.79 Å². The molecule has 0 atom stereocenters. The van der Waals surface area contributed by atoms with Crippen LogP contribution in [0.3, 0.4) is 0 Å². The second-order valence-corrected chi connectivity index (χ2v) is 7.52. The summed E-state index contributed by atoms with van der Waals surface area (Å²) in [4.78, 5) is 13.2. The van der Waals surface area contributed by atoms with Gasteiger partial charge in [-0.3, -0.25) is 4.79 Å². The molecule has 3 nitrogen and oxygen atoms in total. The van der Waals surface area contributed by atoms with Gasteiger partial charge in [-0.1, -0.05) is 40.5 Å². The van der Waals surface area contributed by atoms with Crippen molar-refractivity contribution in [1.29, 1.82) is 0 Å². The van der Waals surface area contributed by atoms with Gasteiger partial charge in [0.15, 0.2) is 0 Å². The average Bonchev–Trinajstić information content (AvgIpc) is 2.31. The van der Waals surface area contributed by atoms with Crippen LogP contribution in [0.2, 0.25) is 0 Å². The van der Waals surface area contributed by atoms with Gasteiger partial charge >= 0.3 is 5.97 Å². The molecule has 0 unspecified atom stereocenters. The fraction of sp³-hybridized carbons (Fsp3) is 0.941. The molecule has 0 spiro atoms. The van der Waals surface area contributed by atoms with E-state index in [1.807, 2.05) is 0 Å². The molecule has 0 aromatic carbocycles. The van der Waals surface area contributed by atoms with Crippen LogP contribution in [0.5, 0.6) is 0 Å². The lowest BCUT2D eigenvalue weighted by atomic mass is 9.72. The molecule has 1 aliphatic heterocycles. The summed E-state index contributed by atoms with van der Waals surface area (Å²) >= 11 is 0. The molecule has 0 radical (unpaired) electrons. The quantitative estimate of drug-likeness (QED) is 0.654. The Labute approximate surface area is 124 Å². The number of carbonyl (C=O) groups is 1. The Kier molecular flexibility index (Phi) is 6.50. The van der Waals surface area contributed by atoms with Crippen molar-refractivity contribution in [1.82, 2.24) is 4.90 Å². The van der Waals surface area contributed by atoms with Crippen molar-refractivity contribution in [2.45, 2.75) is 72.6 Å². The van der Waals surface area contributed by atoms with Gasteiger partial charge in [0.2, 0.25) is 0 Å². The van der Waals surface area contributed by atoms with Crippen LogP contribution in [0.15, 0.2) is 0 Å². The van der Waals surface area contributed by atoms with Crippen molar-refractivity contribution in [3.63, 3.8) is 0 Å². The molecule has 0 aromatic rings. The van der Waals surface area contributed by atoms with Gasteiger partial charge in [0.1, 0.15) is 0 Å². The second-order valence-electron chi connectivity index (χ2n) is 7.52. The highest BCUT2D eigenvalue weighted by Gasteiger charge is 2.41. The number of likely N-dealkylation sites (tertiary alicyclic amines) is 1. The Morgan fingerprint density at radius 3 is 2.15 bits per heavy atom. The molecule has 1 rings (SSSR count). The maximum Gasteiger partial charge on any atom is 0.303 e. The summed E-state index contributed by atoms with van der Waals surface area (Å²) in [6.45, 7) is 12.6. The summed E-state index contributed by atoms with van der Waals surface area (Å²) in [7, 11) is 0. The highest BCUT2D eigenvalue weighted by atomic mass is 16.4. The molecule has 20 heavy (non-hydrogen) atoms. The first-order valence-electron chi connectivity index (χ1n) is 8.27. The largest absolute Gasteiger partial charge is 0.481 e. The molecule has 0 amide bonds. The SMILES string of the molecule is CCCC1(CCC)CN(CCC(C)(C)CCC(=O)O)C1. The molecule has 1 saturated heterocycles. The van der Waals surface area contributed by atoms with Gasteiger partial charge in [0.25, 0.3) is 0 Å². The summed E-state index contributed by atoms with van der Waals surface area (Å²) in [5.41, 5.74) is 0.737. The smallest absolute Gasteiger partial charge is 0.303 e. The Morgan fingerprint density at radius 1 is 1.15 bits per heavy atom. The second kappa shape index (κ2) is 7.44. The minimum Gasteiger partial charge on any atom is -0.481 e. The molecule has 1 N–H and O–H groups in total. The maximum atomic E-state index is 10.7. The van der Waals surface area contributed by atoms with Crippen molar-refractivity contribution in [2.24, 2.45) is 10.8 Å². The Balaban J connectivity index is 2.29. The lowest BCUT2D eigenvalue weighted by molar-refractivity contribution is -0.137. The fourth-order valence-electron chi connectivity index (χ4n) is 3.59. The first kappa shape index (κ1) is 17.5. The molecule has 1 aliphatic rings. The van der Waals surface area contributed by atoms with Crippen LogP contribution in [0, 0.1) is 10.8 Å². The summed E-state index contributed by atoms with van der Waals surface area (Å²) < 4.78 is 0. The van der Waals surface area contributed by atoms with Gasteiger partial charge in [-0.2, -0.15) is 0 Å². The molecule has 1 heterocycles. The number of aliphatic carboxylic acids is 1. The standard InChI is InChI=1S/C17H33NO2/c1-5-8-17(9-6-2)13-18(14-17)12-11-16(3,4)10-7-15(19)20/h5-14H2,1-4H3,(H,19,20). The minimum atomic E-state index is -0.674. The minimum absolute atomic E-state index is 0.145. The molecule has 1 fully saturated rings. The number of rotatable bonds is 10.